The largest absolute Gasteiger partial charge is 0.349 e. The van der Waals surface area contributed by atoms with Gasteiger partial charge in [-0.15, -0.1) is 0 Å². The van der Waals surface area contributed by atoms with Crippen molar-refractivity contribution in [2.75, 3.05) is 18.0 Å². The number of hydrogen-bond donors (Lipinski definition) is 1. The van der Waals surface area contributed by atoms with Crippen LogP contribution in [0, 0.1) is 0 Å². The van der Waals surface area contributed by atoms with E-state index in [2.05, 4.69) is 42.3 Å². The lowest BCUT2D eigenvalue weighted by atomic mass is 10.0. The fourth-order valence-electron chi connectivity index (χ4n) is 3.92. The van der Waals surface area contributed by atoms with Gasteiger partial charge in [0.05, 0.1) is 18.4 Å². The van der Waals surface area contributed by atoms with Crippen LogP contribution in [0.1, 0.15) is 28.8 Å². The second kappa shape index (κ2) is 8.51. The highest BCUT2D eigenvalue weighted by molar-refractivity contribution is 5.96. The molecule has 0 atom stereocenters. The lowest BCUT2D eigenvalue weighted by molar-refractivity contribution is 0.0931. The number of anilines is 1. The second-order valence-corrected chi connectivity index (χ2v) is 7.71. The summed E-state index contributed by atoms with van der Waals surface area (Å²) in [5, 5.41) is 3.14. The topological polar surface area (TPSA) is 88.8 Å². The molecule has 1 fully saturated rings. The first-order chi connectivity index (χ1) is 15.3. The average Bonchev–Trinajstić information content (AvgIpc) is 3.23. The predicted octanol–water partition coefficient (Wildman–Crippen LogP) is 2.67. The number of fused-ring (bicyclic) bond motifs is 1. The van der Waals surface area contributed by atoms with Crippen molar-refractivity contribution >= 4 is 23.0 Å². The molecule has 1 aliphatic heterocycles. The van der Waals surface area contributed by atoms with Crippen LogP contribution >= 0.6 is 0 Å². The van der Waals surface area contributed by atoms with E-state index >= 15 is 0 Å². The summed E-state index contributed by atoms with van der Waals surface area (Å²) < 4.78 is 1.99. The maximum absolute atomic E-state index is 12.8. The van der Waals surface area contributed by atoms with E-state index < -0.39 is 0 Å². The number of nitrogens with one attached hydrogen (secondary N) is 1. The van der Waals surface area contributed by atoms with Crippen LogP contribution in [0.3, 0.4) is 0 Å². The molecule has 1 N–H and O–H groups in total. The third kappa shape index (κ3) is 4.23. The molecule has 5 rings (SSSR count). The molecule has 156 valence electrons. The molecule has 0 spiro atoms. The third-order valence-electron chi connectivity index (χ3n) is 5.58. The Labute approximate surface area is 180 Å². The summed E-state index contributed by atoms with van der Waals surface area (Å²) in [4.78, 5) is 32.5. The fraction of sp³-hybridized carbons (Fsp3) is 0.261. The normalized spacial score (nSPS) is 14.6. The van der Waals surface area contributed by atoms with E-state index in [1.807, 2.05) is 34.9 Å². The lowest BCUT2D eigenvalue weighted by Crippen LogP contribution is -2.45. The molecule has 8 nitrogen and oxygen atoms in total. The Balaban J connectivity index is 1.22. The number of benzene rings is 1. The van der Waals surface area contributed by atoms with Crippen molar-refractivity contribution in [1.29, 1.82) is 0 Å². The molecule has 1 aliphatic rings. The van der Waals surface area contributed by atoms with Crippen molar-refractivity contribution in [3.63, 3.8) is 0 Å². The number of hydrogen-bond acceptors (Lipinski definition) is 6. The van der Waals surface area contributed by atoms with E-state index in [1.165, 1.54) is 5.56 Å². The number of carbonyl (C=O) groups is 1. The molecule has 0 bridgehead atoms. The maximum Gasteiger partial charge on any atom is 0.253 e. The Morgan fingerprint density at radius 2 is 1.77 bits per heavy atom. The van der Waals surface area contributed by atoms with Gasteiger partial charge in [-0.25, -0.2) is 19.9 Å². The number of aromatic nitrogens is 5. The van der Waals surface area contributed by atoms with Crippen LogP contribution in [-0.4, -0.2) is 49.5 Å². The van der Waals surface area contributed by atoms with Gasteiger partial charge < -0.3 is 14.8 Å². The quantitative estimate of drug-likeness (QED) is 0.541. The van der Waals surface area contributed by atoms with Crippen molar-refractivity contribution in [3.05, 3.63) is 78.5 Å². The van der Waals surface area contributed by atoms with Crippen LogP contribution in [0.25, 0.3) is 11.2 Å². The zero-order valence-electron chi connectivity index (χ0n) is 17.1. The van der Waals surface area contributed by atoms with Gasteiger partial charge in [-0.1, -0.05) is 30.3 Å². The molecule has 4 aromatic rings. The van der Waals surface area contributed by atoms with Crippen LogP contribution in [0.5, 0.6) is 0 Å². The van der Waals surface area contributed by atoms with Gasteiger partial charge in [-0.05, 0) is 30.5 Å². The highest BCUT2D eigenvalue weighted by Crippen LogP contribution is 2.17. The average molecular weight is 413 g/mol. The first kappa shape index (κ1) is 19.2. The van der Waals surface area contributed by atoms with Gasteiger partial charge in [0, 0.05) is 37.7 Å². The first-order valence-electron chi connectivity index (χ1n) is 10.4. The highest BCUT2D eigenvalue weighted by atomic mass is 16.1. The number of piperidine rings is 1. The van der Waals surface area contributed by atoms with Crippen molar-refractivity contribution < 1.29 is 4.79 Å². The van der Waals surface area contributed by atoms with Gasteiger partial charge in [0.1, 0.15) is 5.52 Å². The summed E-state index contributed by atoms with van der Waals surface area (Å²) >= 11 is 0. The second-order valence-electron chi connectivity index (χ2n) is 7.71. The Bertz CT molecular complexity index is 1170. The third-order valence-corrected chi connectivity index (χ3v) is 5.58. The predicted molar refractivity (Wildman–Crippen MR) is 118 cm³/mol. The summed E-state index contributed by atoms with van der Waals surface area (Å²) in [5.41, 5.74) is 3.21. The van der Waals surface area contributed by atoms with E-state index in [9.17, 15) is 4.79 Å². The fourth-order valence-corrected chi connectivity index (χ4v) is 3.92. The zero-order chi connectivity index (χ0) is 21.0. The van der Waals surface area contributed by atoms with Gasteiger partial charge in [0.2, 0.25) is 5.95 Å². The Morgan fingerprint density at radius 1 is 1.00 bits per heavy atom. The number of nitrogens with zero attached hydrogens (tertiary/aromatic N) is 6. The standard InChI is InChI=1S/C23H23N7O/c31-22(28-19-7-11-29(12-8-19)23-24-9-4-10-25-23)18-13-20-21(26-14-18)30(16-27-20)15-17-5-2-1-3-6-17/h1-6,9-10,13-14,16,19H,7-8,11-12,15H2,(H,28,31). The molecule has 1 aromatic carbocycles. The maximum atomic E-state index is 12.8. The molecule has 0 aliphatic carbocycles. The van der Waals surface area contributed by atoms with Gasteiger partial charge in [0.15, 0.2) is 5.65 Å². The molecule has 4 heterocycles. The number of amides is 1. The molecule has 0 unspecified atom stereocenters. The smallest absolute Gasteiger partial charge is 0.253 e. The van der Waals surface area contributed by atoms with E-state index in [4.69, 9.17) is 0 Å². The summed E-state index contributed by atoms with van der Waals surface area (Å²) in [7, 11) is 0. The van der Waals surface area contributed by atoms with E-state index in [-0.39, 0.29) is 11.9 Å². The number of imidazole rings is 1. The molecule has 1 saturated heterocycles. The molecule has 8 heteroatoms. The van der Waals surface area contributed by atoms with Gasteiger partial charge in [-0.3, -0.25) is 4.79 Å². The SMILES string of the molecule is O=C(NC1CCN(c2ncccn2)CC1)c1cnc2c(c1)ncn2Cc1ccccc1. The van der Waals surface area contributed by atoms with Crippen LogP contribution < -0.4 is 10.2 Å². The molecule has 31 heavy (non-hydrogen) atoms. The van der Waals surface area contributed by atoms with Crippen LogP contribution in [-0.2, 0) is 6.54 Å². The van der Waals surface area contributed by atoms with E-state index in [0.29, 0.717) is 12.1 Å². The van der Waals surface area contributed by atoms with E-state index in [1.54, 1.807) is 24.9 Å². The molecular formula is C23H23N7O. The zero-order valence-corrected chi connectivity index (χ0v) is 17.1. The van der Waals surface area contributed by atoms with Crippen LogP contribution in [0.15, 0.2) is 67.4 Å². The van der Waals surface area contributed by atoms with Gasteiger partial charge in [-0.2, -0.15) is 0 Å². The molecular weight excluding hydrogens is 390 g/mol. The summed E-state index contributed by atoms with van der Waals surface area (Å²) in [6.45, 7) is 2.33. The van der Waals surface area contributed by atoms with Crippen molar-refractivity contribution in [1.82, 2.24) is 29.8 Å². The number of carbonyl (C=O) groups excluding carboxylic acids is 1. The molecule has 1 amide bonds. The van der Waals surface area contributed by atoms with E-state index in [0.717, 1.165) is 43.0 Å². The Morgan fingerprint density at radius 3 is 2.55 bits per heavy atom. The van der Waals surface area contributed by atoms with Crippen LogP contribution in [0.2, 0.25) is 0 Å². The number of pyridine rings is 1. The minimum atomic E-state index is -0.110. The minimum absolute atomic E-state index is 0.110. The summed E-state index contributed by atoms with van der Waals surface area (Å²) in [6, 6.07) is 13.9. The van der Waals surface area contributed by atoms with Gasteiger partial charge >= 0.3 is 0 Å². The summed E-state index contributed by atoms with van der Waals surface area (Å²) in [6.07, 6.45) is 8.61. The molecule has 0 radical (unpaired) electrons. The number of rotatable bonds is 5. The lowest BCUT2D eigenvalue weighted by Gasteiger charge is -2.32. The summed E-state index contributed by atoms with van der Waals surface area (Å²) in [5.74, 6) is 0.634. The minimum Gasteiger partial charge on any atom is -0.349 e. The van der Waals surface area contributed by atoms with Crippen molar-refractivity contribution in [2.24, 2.45) is 0 Å². The van der Waals surface area contributed by atoms with Gasteiger partial charge in [0.25, 0.3) is 5.91 Å². The first-order valence-corrected chi connectivity index (χ1v) is 10.4. The Hall–Kier alpha value is -3.81. The molecule has 3 aromatic heterocycles. The van der Waals surface area contributed by atoms with Crippen molar-refractivity contribution in [2.45, 2.75) is 25.4 Å². The monoisotopic (exact) mass is 413 g/mol. The van der Waals surface area contributed by atoms with Crippen LogP contribution in [0.4, 0.5) is 5.95 Å². The Kier molecular flexibility index (Phi) is 5.26. The molecule has 0 saturated carbocycles. The highest BCUT2D eigenvalue weighted by Gasteiger charge is 2.23. The van der Waals surface area contributed by atoms with Crippen molar-refractivity contribution in [3.8, 4) is 0 Å².